The predicted octanol–water partition coefficient (Wildman–Crippen LogP) is 4.49. The van der Waals surface area contributed by atoms with Crippen molar-refractivity contribution in [2.24, 2.45) is 11.7 Å². The van der Waals surface area contributed by atoms with Gasteiger partial charge in [0.2, 0.25) is 0 Å². The molecule has 0 radical (unpaired) electrons. The molecule has 18 heavy (non-hydrogen) atoms. The third-order valence-corrected chi connectivity index (χ3v) is 4.42. The summed E-state index contributed by atoms with van der Waals surface area (Å²) >= 11 is 6.17. The maximum Gasteiger partial charge on any atom is 0.128 e. The Kier molecular flexibility index (Phi) is 5.02. The molecule has 1 aliphatic carbocycles. The van der Waals surface area contributed by atoms with Gasteiger partial charge in [0.15, 0.2) is 0 Å². The van der Waals surface area contributed by atoms with E-state index in [1.165, 1.54) is 31.7 Å². The van der Waals surface area contributed by atoms with E-state index in [0.717, 1.165) is 12.8 Å². The van der Waals surface area contributed by atoms with E-state index in [1.807, 2.05) is 0 Å². The van der Waals surface area contributed by atoms with Crippen LogP contribution in [0, 0.1) is 11.7 Å². The van der Waals surface area contributed by atoms with Crippen molar-refractivity contribution in [3.05, 3.63) is 34.6 Å². The zero-order valence-corrected chi connectivity index (χ0v) is 11.4. The smallest absolute Gasteiger partial charge is 0.128 e. The fourth-order valence-corrected chi connectivity index (χ4v) is 3.43. The van der Waals surface area contributed by atoms with Crippen LogP contribution in [-0.2, 0) is 0 Å². The van der Waals surface area contributed by atoms with E-state index in [-0.39, 0.29) is 11.7 Å². The van der Waals surface area contributed by atoms with Gasteiger partial charge >= 0.3 is 0 Å². The van der Waals surface area contributed by atoms with Crippen molar-refractivity contribution in [1.82, 2.24) is 0 Å². The van der Waals surface area contributed by atoms with Gasteiger partial charge in [0.25, 0.3) is 0 Å². The first-order chi connectivity index (χ1) is 8.74. The average Bonchev–Trinajstić information content (AvgIpc) is 2.63. The summed E-state index contributed by atoms with van der Waals surface area (Å²) in [4.78, 5) is 0. The highest BCUT2D eigenvalue weighted by Crippen LogP contribution is 2.38. The van der Waals surface area contributed by atoms with E-state index < -0.39 is 0 Å². The van der Waals surface area contributed by atoms with E-state index in [9.17, 15) is 4.39 Å². The van der Waals surface area contributed by atoms with Crippen LogP contribution in [0.2, 0.25) is 5.02 Å². The third-order valence-electron chi connectivity index (χ3n) is 4.09. The molecule has 1 fully saturated rings. The monoisotopic (exact) mass is 269 g/mol. The van der Waals surface area contributed by atoms with Gasteiger partial charge in [-0.15, -0.1) is 0 Å². The summed E-state index contributed by atoms with van der Waals surface area (Å²) in [6.07, 6.45) is 7.33. The molecule has 2 N–H and O–H groups in total. The molecule has 0 heterocycles. The minimum atomic E-state index is -0.206. The molecule has 1 aromatic rings. The fourth-order valence-electron chi connectivity index (χ4n) is 3.12. The topological polar surface area (TPSA) is 26.0 Å². The van der Waals surface area contributed by atoms with E-state index in [4.69, 9.17) is 17.3 Å². The molecule has 0 amide bonds. The summed E-state index contributed by atoms with van der Waals surface area (Å²) in [5.74, 6) is 0.339. The average molecular weight is 270 g/mol. The van der Waals surface area contributed by atoms with E-state index in [2.05, 4.69) is 0 Å². The molecule has 3 heteroatoms. The molecule has 1 aromatic carbocycles. The lowest BCUT2D eigenvalue weighted by atomic mass is 9.81. The summed E-state index contributed by atoms with van der Waals surface area (Å²) in [5.41, 5.74) is 6.53. The SMILES string of the molecule is NCC(c1c(F)cccc1Cl)C1CCCCCC1. The van der Waals surface area contributed by atoms with Crippen molar-refractivity contribution < 1.29 is 4.39 Å². The van der Waals surface area contributed by atoms with Gasteiger partial charge in [-0.2, -0.15) is 0 Å². The zero-order valence-electron chi connectivity index (χ0n) is 10.7. The van der Waals surface area contributed by atoms with Gasteiger partial charge in [-0.25, -0.2) is 4.39 Å². The molecule has 1 saturated carbocycles. The van der Waals surface area contributed by atoms with Gasteiger partial charge < -0.3 is 5.73 Å². The summed E-state index contributed by atoms with van der Waals surface area (Å²) in [6, 6.07) is 4.90. The van der Waals surface area contributed by atoms with Crippen molar-refractivity contribution in [3.63, 3.8) is 0 Å². The molecular formula is C15H21ClFN. The van der Waals surface area contributed by atoms with Crippen LogP contribution in [0.15, 0.2) is 18.2 Å². The second-order valence-electron chi connectivity index (χ2n) is 5.23. The lowest BCUT2D eigenvalue weighted by molar-refractivity contribution is 0.371. The molecular weight excluding hydrogens is 249 g/mol. The molecule has 0 spiro atoms. The molecule has 0 aromatic heterocycles. The lowest BCUT2D eigenvalue weighted by Crippen LogP contribution is -2.23. The summed E-state index contributed by atoms with van der Waals surface area (Å²) < 4.78 is 14.0. The highest BCUT2D eigenvalue weighted by molar-refractivity contribution is 6.31. The number of hydrogen-bond acceptors (Lipinski definition) is 1. The number of nitrogens with two attached hydrogens (primary N) is 1. The Hall–Kier alpha value is -0.600. The Labute approximate surface area is 114 Å². The molecule has 0 saturated heterocycles. The summed E-state index contributed by atoms with van der Waals surface area (Å²) in [6.45, 7) is 0.478. The minimum absolute atomic E-state index is 0.0665. The molecule has 1 aliphatic rings. The Morgan fingerprint density at radius 2 is 1.89 bits per heavy atom. The number of hydrogen-bond donors (Lipinski definition) is 1. The normalized spacial score (nSPS) is 19.5. The van der Waals surface area contributed by atoms with Gasteiger partial charge in [0.05, 0.1) is 0 Å². The Bertz CT molecular complexity index is 366. The molecule has 100 valence electrons. The first-order valence-corrected chi connectivity index (χ1v) is 7.25. The molecule has 0 aliphatic heterocycles. The van der Waals surface area contributed by atoms with Gasteiger partial charge in [-0.05, 0) is 37.4 Å². The molecule has 1 atom stereocenters. The first kappa shape index (κ1) is 13.8. The van der Waals surface area contributed by atoms with Gasteiger partial charge in [-0.3, -0.25) is 0 Å². The number of rotatable bonds is 3. The van der Waals surface area contributed by atoms with Crippen LogP contribution in [0.25, 0.3) is 0 Å². The summed E-state index contributed by atoms with van der Waals surface area (Å²) in [5, 5.41) is 0.523. The molecule has 1 nitrogen and oxygen atoms in total. The molecule has 1 unspecified atom stereocenters. The molecule has 2 rings (SSSR count). The van der Waals surface area contributed by atoms with E-state index >= 15 is 0 Å². The van der Waals surface area contributed by atoms with Crippen LogP contribution in [0.3, 0.4) is 0 Å². The second-order valence-corrected chi connectivity index (χ2v) is 5.64. The Morgan fingerprint density at radius 3 is 2.44 bits per heavy atom. The van der Waals surface area contributed by atoms with Crippen molar-refractivity contribution in [2.75, 3.05) is 6.54 Å². The number of halogens is 2. The van der Waals surface area contributed by atoms with Crippen molar-refractivity contribution >= 4 is 11.6 Å². The van der Waals surface area contributed by atoms with Gasteiger partial charge in [0, 0.05) is 16.5 Å². The van der Waals surface area contributed by atoms with Gasteiger partial charge in [-0.1, -0.05) is 43.4 Å². The largest absolute Gasteiger partial charge is 0.330 e. The van der Waals surface area contributed by atoms with Crippen LogP contribution in [0.5, 0.6) is 0 Å². The van der Waals surface area contributed by atoms with E-state index in [0.29, 0.717) is 23.0 Å². The third kappa shape index (κ3) is 3.04. The second kappa shape index (κ2) is 6.53. The minimum Gasteiger partial charge on any atom is -0.330 e. The summed E-state index contributed by atoms with van der Waals surface area (Å²) in [7, 11) is 0. The quantitative estimate of drug-likeness (QED) is 0.804. The van der Waals surface area contributed by atoms with Crippen molar-refractivity contribution in [2.45, 2.75) is 44.4 Å². The zero-order chi connectivity index (χ0) is 13.0. The maximum absolute atomic E-state index is 14.0. The van der Waals surface area contributed by atoms with E-state index in [1.54, 1.807) is 12.1 Å². The van der Waals surface area contributed by atoms with Crippen molar-refractivity contribution in [3.8, 4) is 0 Å². The van der Waals surface area contributed by atoms with Crippen LogP contribution in [0.4, 0.5) is 4.39 Å². The van der Waals surface area contributed by atoms with Crippen LogP contribution >= 0.6 is 11.6 Å². The Balaban J connectivity index is 2.26. The van der Waals surface area contributed by atoms with Crippen LogP contribution < -0.4 is 5.73 Å². The lowest BCUT2D eigenvalue weighted by Gasteiger charge is -2.26. The van der Waals surface area contributed by atoms with Crippen LogP contribution in [0.1, 0.15) is 50.0 Å². The first-order valence-electron chi connectivity index (χ1n) is 6.88. The fraction of sp³-hybridized carbons (Fsp3) is 0.600. The predicted molar refractivity (Wildman–Crippen MR) is 74.4 cm³/mol. The highest BCUT2D eigenvalue weighted by Gasteiger charge is 2.27. The standard InChI is InChI=1S/C15H21ClFN/c16-13-8-5-9-14(17)15(13)12(10-18)11-6-3-1-2-4-7-11/h5,8-9,11-12H,1-4,6-7,10,18H2. The highest BCUT2D eigenvalue weighted by atomic mass is 35.5. The number of benzene rings is 1. The molecule has 0 bridgehead atoms. The Morgan fingerprint density at radius 1 is 1.22 bits per heavy atom. The van der Waals surface area contributed by atoms with Crippen molar-refractivity contribution in [1.29, 1.82) is 0 Å². The van der Waals surface area contributed by atoms with Gasteiger partial charge in [0.1, 0.15) is 5.82 Å². The maximum atomic E-state index is 14.0. The van der Waals surface area contributed by atoms with Crippen LogP contribution in [-0.4, -0.2) is 6.54 Å².